The normalized spacial score (nSPS) is 39.9. The van der Waals surface area contributed by atoms with Crippen LogP contribution in [0.15, 0.2) is 42.5 Å². The molecule has 1 unspecified atom stereocenters. The average molecular weight is 627 g/mol. The third kappa shape index (κ3) is 4.56. The highest BCUT2D eigenvalue weighted by molar-refractivity contribution is 7.15. The van der Waals surface area contributed by atoms with Gasteiger partial charge in [-0.15, -0.1) is 11.3 Å². The van der Waals surface area contributed by atoms with Gasteiger partial charge in [-0.3, -0.25) is 0 Å². The van der Waals surface area contributed by atoms with E-state index in [1.54, 1.807) is 12.1 Å². The summed E-state index contributed by atoms with van der Waals surface area (Å²) in [6.07, 6.45) is 14.0. The highest BCUT2D eigenvalue weighted by Crippen LogP contribution is 2.73. The Labute approximate surface area is 275 Å². The second-order valence-corrected chi connectivity index (χ2v) is 18.1. The van der Waals surface area contributed by atoms with Crippen molar-refractivity contribution in [2.45, 2.75) is 112 Å². The molecular formula is C40H54N2O2S. The van der Waals surface area contributed by atoms with Gasteiger partial charge in [0.1, 0.15) is 0 Å². The number of nitrogens with one attached hydrogen (secondary N) is 1. The quantitative estimate of drug-likeness (QED) is 0.324. The summed E-state index contributed by atoms with van der Waals surface area (Å²) >= 11 is 1.84. The summed E-state index contributed by atoms with van der Waals surface area (Å²) in [6, 6.07) is 7.62. The van der Waals surface area contributed by atoms with Crippen LogP contribution in [0.2, 0.25) is 0 Å². The number of thiazole rings is 1. The van der Waals surface area contributed by atoms with Gasteiger partial charge < -0.3 is 10.4 Å². The lowest BCUT2D eigenvalue weighted by molar-refractivity contribution is -0.172. The van der Waals surface area contributed by atoms with E-state index in [-0.39, 0.29) is 16.4 Å². The van der Waals surface area contributed by atoms with Crippen molar-refractivity contribution < 1.29 is 9.90 Å². The van der Waals surface area contributed by atoms with Gasteiger partial charge in [-0.25, -0.2) is 9.78 Å². The number of carboxylic acids is 1. The zero-order valence-electron chi connectivity index (χ0n) is 28.6. The molecule has 1 aromatic heterocycles. The van der Waals surface area contributed by atoms with Crippen LogP contribution in [0.4, 0.5) is 5.13 Å². The lowest BCUT2D eigenvalue weighted by Crippen LogP contribution is -2.63. The fourth-order valence-electron chi connectivity index (χ4n) is 12.7. The summed E-state index contributed by atoms with van der Waals surface area (Å²) in [4.78, 5) is 17.8. The van der Waals surface area contributed by atoms with E-state index < -0.39 is 5.97 Å². The van der Waals surface area contributed by atoms with Crippen molar-refractivity contribution >= 4 is 28.0 Å². The first-order chi connectivity index (χ1) is 21.2. The molecule has 4 saturated carbocycles. The number of carbonyl (C=O) groups is 1. The predicted octanol–water partition coefficient (Wildman–Crippen LogP) is 10.6. The molecule has 4 nitrogen and oxygen atoms in total. The van der Waals surface area contributed by atoms with Gasteiger partial charge in [-0.05, 0) is 154 Å². The van der Waals surface area contributed by atoms with Crippen molar-refractivity contribution in [3.8, 4) is 0 Å². The van der Waals surface area contributed by atoms with Crippen LogP contribution in [0.25, 0.3) is 5.57 Å². The Morgan fingerprint density at radius 2 is 1.67 bits per heavy atom. The van der Waals surface area contributed by atoms with E-state index in [1.807, 2.05) is 23.5 Å². The molecule has 5 aliphatic rings. The van der Waals surface area contributed by atoms with Gasteiger partial charge in [0.25, 0.3) is 0 Å². The highest BCUT2D eigenvalue weighted by atomic mass is 32.1. The number of nitrogens with zero attached hydrogens (tertiary/aromatic N) is 1. The number of aromatic nitrogens is 1. The first kappa shape index (κ1) is 31.2. The van der Waals surface area contributed by atoms with Gasteiger partial charge in [0, 0.05) is 10.4 Å². The molecule has 7 rings (SSSR count). The fraction of sp³-hybridized carbons (Fsp3) is 0.650. The molecule has 0 aliphatic heterocycles. The molecule has 0 saturated heterocycles. The van der Waals surface area contributed by atoms with E-state index in [4.69, 9.17) is 4.98 Å². The van der Waals surface area contributed by atoms with Crippen molar-refractivity contribution in [3.63, 3.8) is 0 Å². The largest absolute Gasteiger partial charge is 0.478 e. The van der Waals surface area contributed by atoms with Gasteiger partial charge in [0.05, 0.1) is 11.3 Å². The zero-order valence-corrected chi connectivity index (χ0v) is 29.4. The van der Waals surface area contributed by atoms with Crippen molar-refractivity contribution in [2.75, 3.05) is 5.32 Å². The lowest BCUT2D eigenvalue weighted by Gasteiger charge is -2.68. The Morgan fingerprint density at radius 1 is 0.956 bits per heavy atom. The van der Waals surface area contributed by atoms with Crippen LogP contribution in [0, 0.1) is 65.6 Å². The van der Waals surface area contributed by atoms with E-state index >= 15 is 0 Å². The monoisotopic (exact) mass is 626 g/mol. The second-order valence-electron chi connectivity index (χ2n) is 16.9. The summed E-state index contributed by atoms with van der Waals surface area (Å²) in [7, 11) is 0. The number of allylic oxidation sites excluding steroid dienone is 3. The van der Waals surface area contributed by atoms with Gasteiger partial charge in [-0.1, -0.05) is 58.1 Å². The topological polar surface area (TPSA) is 62.2 Å². The molecule has 45 heavy (non-hydrogen) atoms. The van der Waals surface area contributed by atoms with Crippen molar-refractivity contribution in [2.24, 2.45) is 51.8 Å². The second kappa shape index (κ2) is 10.6. The maximum atomic E-state index is 11.5. The Morgan fingerprint density at radius 3 is 2.31 bits per heavy atom. The number of rotatable bonds is 5. The molecule has 0 bridgehead atoms. The smallest absolute Gasteiger partial charge is 0.335 e. The Hall–Kier alpha value is -2.40. The maximum absolute atomic E-state index is 11.5. The molecule has 242 valence electrons. The molecule has 5 aliphatic carbocycles. The molecule has 0 spiro atoms. The van der Waals surface area contributed by atoms with E-state index in [9.17, 15) is 9.90 Å². The predicted molar refractivity (Wildman–Crippen MR) is 187 cm³/mol. The highest BCUT2D eigenvalue weighted by Gasteiger charge is 2.66. The van der Waals surface area contributed by atoms with Crippen molar-refractivity contribution in [1.29, 1.82) is 0 Å². The number of carboxylic acid groups (broad SMARTS) is 1. The number of aromatic carboxylic acids is 1. The fourth-order valence-corrected chi connectivity index (χ4v) is 13.6. The van der Waals surface area contributed by atoms with Crippen molar-refractivity contribution in [3.05, 3.63) is 64.2 Å². The summed E-state index contributed by atoms with van der Waals surface area (Å²) in [6.45, 7) is 21.5. The average Bonchev–Trinajstić information content (AvgIpc) is 3.51. The first-order valence-corrected chi connectivity index (χ1v) is 18.4. The molecule has 2 aromatic rings. The minimum Gasteiger partial charge on any atom is -0.478 e. The summed E-state index contributed by atoms with van der Waals surface area (Å²) in [5.41, 5.74) is 6.35. The van der Waals surface area contributed by atoms with Crippen LogP contribution in [-0.4, -0.2) is 21.6 Å². The summed E-state index contributed by atoms with van der Waals surface area (Å²) in [5, 5.41) is 14.7. The number of hydrogen-bond donors (Lipinski definition) is 2. The number of hydrogen-bond acceptors (Lipinski definition) is 4. The minimum atomic E-state index is -0.857. The standard InChI is InChI=1S/C40H54N2O2S/c1-23(2)28-15-21-40(42-36-41-24(3)25(4)45-36)22-17-31-29(34(28)40)13-14-33-38(31,7)20-18-32-37(5,6)30(16-19-39(32,33)8)26-9-11-27(12-10-26)35(43)44/h9-12,16,28-29,31-34H,1,13-15,17-22H2,2-8H3,(H,41,42)(H,43,44)/t28-,29-,31?,32-,33-,34+,38-,39-,40-/m0/s1. The van der Waals surface area contributed by atoms with Crippen LogP contribution in [-0.2, 0) is 0 Å². The zero-order chi connectivity index (χ0) is 32.1. The molecule has 0 amide bonds. The molecule has 1 heterocycles. The summed E-state index contributed by atoms with van der Waals surface area (Å²) < 4.78 is 0. The Kier molecular flexibility index (Phi) is 7.32. The Bertz CT molecular complexity index is 1530. The molecule has 1 aromatic carbocycles. The van der Waals surface area contributed by atoms with Crippen LogP contribution in [0.3, 0.4) is 0 Å². The number of anilines is 1. The van der Waals surface area contributed by atoms with Crippen LogP contribution in [0.5, 0.6) is 0 Å². The number of fused-ring (bicyclic) bond motifs is 7. The van der Waals surface area contributed by atoms with Crippen molar-refractivity contribution in [1.82, 2.24) is 4.98 Å². The Balaban J connectivity index is 1.20. The molecule has 0 radical (unpaired) electrons. The summed E-state index contributed by atoms with van der Waals surface area (Å²) in [5.74, 6) is 3.25. The molecule has 5 heteroatoms. The van der Waals surface area contributed by atoms with Crippen LogP contribution < -0.4 is 5.32 Å². The molecule has 4 fully saturated rings. The van der Waals surface area contributed by atoms with Gasteiger partial charge >= 0.3 is 5.97 Å². The van der Waals surface area contributed by atoms with E-state index in [0.29, 0.717) is 28.7 Å². The molecule has 9 atom stereocenters. The minimum absolute atomic E-state index is 0.0437. The first-order valence-electron chi connectivity index (χ1n) is 17.6. The van der Waals surface area contributed by atoms with E-state index in [2.05, 4.69) is 66.4 Å². The van der Waals surface area contributed by atoms with Gasteiger partial charge in [0.15, 0.2) is 5.13 Å². The maximum Gasteiger partial charge on any atom is 0.335 e. The third-order valence-corrected chi connectivity index (χ3v) is 15.6. The van der Waals surface area contributed by atoms with E-state index in [0.717, 1.165) is 29.3 Å². The molecule has 2 N–H and O–H groups in total. The SMILES string of the molecule is C=C(C)[C@@H]1CC[C@]2(Nc3nc(C)c(C)s3)CCC3[C@H](CC[C@@H]4[C@@]5(C)CC=C(c6ccc(C(=O)O)cc6)C(C)(C)[C@@H]5CC[C@@]34C)[C@@H]12. The van der Waals surface area contributed by atoms with Crippen LogP contribution in [0.1, 0.15) is 119 Å². The third-order valence-electron chi connectivity index (χ3n) is 14.6. The van der Waals surface area contributed by atoms with E-state index in [1.165, 1.54) is 78.6 Å². The lowest BCUT2D eigenvalue weighted by atomic mass is 9.36. The molecular weight excluding hydrogens is 573 g/mol. The van der Waals surface area contributed by atoms with Gasteiger partial charge in [0.2, 0.25) is 0 Å². The number of benzene rings is 1. The van der Waals surface area contributed by atoms with Crippen LogP contribution >= 0.6 is 11.3 Å². The van der Waals surface area contributed by atoms with Gasteiger partial charge in [-0.2, -0.15) is 0 Å². The number of aryl methyl sites for hydroxylation is 2.